The Morgan fingerprint density at radius 2 is 1.21 bits per heavy atom. The Labute approximate surface area is 290 Å². The van der Waals surface area contributed by atoms with Crippen molar-refractivity contribution in [3.63, 3.8) is 0 Å². The molecular weight excluding hydrogens is 578 g/mol. The molecule has 224 valence electrons. The fourth-order valence-corrected chi connectivity index (χ4v) is 7.53. The number of aromatic nitrogens is 2. The normalized spacial score (nSPS) is 17.5. The van der Waals surface area contributed by atoms with Gasteiger partial charge in [0.15, 0.2) is 22.4 Å². The maximum absolute atomic E-state index is 7.64. The molecule has 6 rings (SSSR count). The third-order valence-electron chi connectivity index (χ3n) is 8.36. The van der Waals surface area contributed by atoms with Gasteiger partial charge in [-0.05, 0) is 40.0 Å². The van der Waals surface area contributed by atoms with E-state index in [1.54, 1.807) is 22.7 Å². The SMILES string of the molecule is C.CN1CCC(CN)(c2nc(-c3ccccc3)cs2)CC1.[AlH3].[C-]#[N+]C1(c2nc(-c3ccccc3)cs2)CCN(C)CC1.[H-].[Li+]. The fourth-order valence-electron chi connectivity index (χ4n) is 5.40. The van der Waals surface area contributed by atoms with Crippen LogP contribution in [0.3, 0.4) is 0 Å². The average Bonchev–Trinajstić information content (AvgIpc) is 3.72. The minimum Gasteiger partial charge on any atom is -1.00 e. The van der Waals surface area contributed by atoms with Crippen LogP contribution in [0, 0.1) is 6.57 Å². The summed E-state index contributed by atoms with van der Waals surface area (Å²) in [6, 6.07) is 20.6. The van der Waals surface area contributed by atoms with Crippen molar-refractivity contribution in [1.29, 1.82) is 0 Å². The number of hydrogen-bond acceptors (Lipinski definition) is 7. The molecule has 0 amide bonds. The second kappa shape index (κ2) is 17.0. The van der Waals surface area contributed by atoms with Crippen LogP contribution in [0.25, 0.3) is 27.4 Å². The standard InChI is InChI=1S/C16H17N3S.C16H21N3S.CH4.Al.Li.4H/c1-17-16(8-10-19(2)11-9-16)15-18-14(12-20-15)13-6-4-3-5-7-13;1-19-9-7-16(12-17,8-10-19)15-18-14(11-20-15)13-5-3-2-4-6-13;;;;;;;/h3-7,12H,8-11H2,2H3;2-6,11H,7-10,12,17H2,1H3;1H4;;;;;;/q;;;;+1;;;;-1. The van der Waals surface area contributed by atoms with Crippen molar-refractivity contribution in [2.45, 2.75) is 44.1 Å². The van der Waals surface area contributed by atoms with E-state index in [2.05, 4.69) is 75.9 Å². The molecule has 10 heteroatoms. The molecule has 2 aliphatic rings. The van der Waals surface area contributed by atoms with Crippen LogP contribution in [0.4, 0.5) is 0 Å². The van der Waals surface area contributed by atoms with E-state index in [9.17, 15) is 0 Å². The van der Waals surface area contributed by atoms with Crippen LogP contribution in [0.5, 0.6) is 0 Å². The van der Waals surface area contributed by atoms with E-state index in [1.165, 1.54) is 10.6 Å². The number of nitrogens with two attached hydrogens (primary N) is 1. The quantitative estimate of drug-likeness (QED) is 0.274. The molecule has 4 heterocycles. The Balaban J connectivity index is 0.000000403. The summed E-state index contributed by atoms with van der Waals surface area (Å²) in [6.45, 7) is 12.5. The zero-order valence-corrected chi connectivity index (χ0v) is 26.1. The number of hydrogen-bond donors (Lipinski definition) is 1. The van der Waals surface area contributed by atoms with Gasteiger partial charge in [0.25, 0.3) is 5.54 Å². The van der Waals surface area contributed by atoms with Crippen molar-refractivity contribution in [2.24, 2.45) is 5.73 Å². The number of benzene rings is 2. The predicted molar refractivity (Wildman–Crippen MR) is 185 cm³/mol. The van der Waals surface area contributed by atoms with Gasteiger partial charge < -0.3 is 21.8 Å². The molecular formula is C33H46AlLiN6S2. The minimum atomic E-state index is -0.399. The van der Waals surface area contributed by atoms with Crippen LogP contribution in [0.1, 0.15) is 44.6 Å². The van der Waals surface area contributed by atoms with Crippen LogP contribution < -0.4 is 24.6 Å². The number of rotatable bonds is 5. The monoisotopic (exact) mass is 624 g/mol. The molecule has 6 nitrogen and oxygen atoms in total. The van der Waals surface area contributed by atoms with E-state index in [0.29, 0.717) is 6.54 Å². The first kappa shape index (κ1) is 37.4. The first-order chi connectivity index (χ1) is 19.5. The fraction of sp³-hybridized carbons (Fsp3) is 0.424. The molecule has 0 saturated carbocycles. The van der Waals surface area contributed by atoms with Crippen LogP contribution >= 0.6 is 22.7 Å². The Hall–Kier alpha value is -1.80. The van der Waals surface area contributed by atoms with Crippen LogP contribution in [0.15, 0.2) is 71.4 Å². The Morgan fingerprint density at radius 3 is 1.65 bits per heavy atom. The average molecular weight is 625 g/mol. The Kier molecular flexibility index (Phi) is 14.8. The summed E-state index contributed by atoms with van der Waals surface area (Å²) in [5.74, 6) is 0. The summed E-state index contributed by atoms with van der Waals surface area (Å²) in [7, 11) is 4.29. The largest absolute Gasteiger partial charge is 1.00 e. The molecule has 0 atom stereocenters. The molecule has 2 N–H and O–H groups in total. The van der Waals surface area contributed by atoms with Gasteiger partial charge in [0.2, 0.25) is 0 Å². The van der Waals surface area contributed by atoms with Crippen molar-refractivity contribution in [3.05, 3.63) is 92.9 Å². The summed E-state index contributed by atoms with van der Waals surface area (Å²) in [5, 5.41) is 6.45. The van der Waals surface area contributed by atoms with E-state index in [-0.39, 0.29) is 50.5 Å². The van der Waals surface area contributed by atoms with Gasteiger partial charge in [-0.2, -0.15) is 0 Å². The molecule has 0 spiro atoms. The van der Waals surface area contributed by atoms with Crippen molar-refractivity contribution in [3.8, 4) is 22.5 Å². The van der Waals surface area contributed by atoms with E-state index >= 15 is 0 Å². The molecule has 2 aromatic heterocycles. The van der Waals surface area contributed by atoms with E-state index in [4.69, 9.17) is 22.3 Å². The second-order valence-corrected chi connectivity index (χ2v) is 12.8. The second-order valence-electron chi connectivity index (χ2n) is 11.0. The minimum absolute atomic E-state index is 0. The van der Waals surface area contributed by atoms with Gasteiger partial charge in [-0.3, -0.25) is 0 Å². The number of piperidine rings is 2. The topological polar surface area (TPSA) is 62.6 Å². The molecule has 0 unspecified atom stereocenters. The summed E-state index contributed by atoms with van der Waals surface area (Å²) >= 11 is 3.40. The predicted octanol–water partition coefficient (Wildman–Crippen LogP) is 2.95. The summed E-state index contributed by atoms with van der Waals surface area (Å²) in [6.07, 6.45) is 3.99. The molecule has 0 aliphatic carbocycles. The van der Waals surface area contributed by atoms with Gasteiger partial charge in [-0.1, -0.05) is 68.1 Å². The van der Waals surface area contributed by atoms with Gasteiger partial charge in [0.05, 0.1) is 11.4 Å². The first-order valence-corrected chi connectivity index (χ1v) is 15.7. The number of nitrogens with zero attached hydrogens (tertiary/aromatic N) is 5. The summed E-state index contributed by atoms with van der Waals surface area (Å²) in [4.78, 5) is 18.3. The van der Waals surface area contributed by atoms with Crippen molar-refractivity contribution >= 4 is 40.0 Å². The van der Waals surface area contributed by atoms with Crippen molar-refractivity contribution < 1.29 is 20.3 Å². The summed E-state index contributed by atoms with van der Waals surface area (Å²) in [5.41, 5.74) is 10.2. The van der Waals surface area contributed by atoms with Crippen LogP contribution in [-0.2, 0) is 11.0 Å². The van der Waals surface area contributed by atoms with Crippen molar-refractivity contribution in [2.75, 3.05) is 46.8 Å². The van der Waals surface area contributed by atoms with Gasteiger partial charge in [0.1, 0.15) is 5.01 Å². The van der Waals surface area contributed by atoms with Gasteiger partial charge in [-0.15, -0.1) is 22.7 Å². The van der Waals surface area contributed by atoms with Crippen LogP contribution in [-0.4, -0.2) is 83.9 Å². The van der Waals surface area contributed by atoms with E-state index in [1.807, 2.05) is 24.3 Å². The summed E-state index contributed by atoms with van der Waals surface area (Å²) < 4.78 is 0. The Morgan fingerprint density at radius 1 is 0.791 bits per heavy atom. The third kappa shape index (κ3) is 8.68. The molecule has 2 aliphatic heterocycles. The third-order valence-corrected chi connectivity index (χ3v) is 10.5. The maximum Gasteiger partial charge on any atom is 1.00 e. The van der Waals surface area contributed by atoms with Gasteiger partial charge >= 0.3 is 18.9 Å². The molecule has 2 aromatic carbocycles. The smallest absolute Gasteiger partial charge is 1.00 e. The maximum atomic E-state index is 7.64. The molecule has 43 heavy (non-hydrogen) atoms. The molecule has 2 fully saturated rings. The molecule has 4 aromatic rings. The Bertz CT molecular complexity index is 1410. The van der Waals surface area contributed by atoms with Gasteiger partial charge in [0, 0.05) is 59.8 Å². The molecule has 2 saturated heterocycles. The first-order valence-electron chi connectivity index (χ1n) is 14.0. The van der Waals surface area contributed by atoms with E-state index in [0.717, 1.165) is 73.8 Å². The van der Waals surface area contributed by atoms with E-state index < -0.39 is 5.54 Å². The zero-order valence-electron chi connectivity index (χ0n) is 25.4. The number of likely N-dealkylation sites (tertiary alicyclic amines) is 2. The molecule has 0 bridgehead atoms. The van der Waals surface area contributed by atoms with Crippen LogP contribution in [0.2, 0.25) is 0 Å². The van der Waals surface area contributed by atoms with Gasteiger partial charge in [-0.25, -0.2) is 16.5 Å². The molecule has 0 radical (unpaired) electrons. The van der Waals surface area contributed by atoms with Crippen molar-refractivity contribution in [1.82, 2.24) is 19.8 Å². The zero-order chi connectivity index (χ0) is 28.0. The number of thiazole rings is 2.